The van der Waals surface area contributed by atoms with Gasteiger partial charge in [-0.1, -0.05) is 60.6 Å². The number of benzene rings is 2. The second-order valence-corrected chi connectivity index (χ2v) is 7.98. The number of amides is 1. The summed E-state index contributed by atoms with van der Waals surface area (Å²) in [5.74, 6) is 1.24. The molecule has 0 saturated heterocycles. The Balaban J connectivity index is 1.60. The van der Waals surface area contributed by atoms with Gasteiger partial charge in [-0.2, -0.15) is 0 Å². The van der Waals surface area contributed by atoms with Crippen molar-refractivity contribution in [3.8, 4) is 17.1 Å². The van der Waals surface area contributed by atoms with Gasteiger partial charge in [0.05, 0.1) is 10.8 Å². The van der Waals surface area contributed by atoms with Crippen LogP contribution in [0, 0.1) is 0 Å². The van der Waals surface area contributed by atoms with Gasteiger partial charge >= 0.3 is 0 Å². The van der Waals surface area contributed by atoms with Crippen LogP contribution in [0.1, 0.15) is 29.7 Å². The Morgan fingerprint density at radius 3 is 2.68 bits per heavy atom. The number of oxazole rings is 1. The fraction of sp³-hybridized carbons (Fsp3) is 0.182. The molecule has 1 amide bonds. The highest BCUT2D eigenvalue weighted by atomic mass is 35.5. The van der Waals surface area contributed by atoms with Crippen LogP contribution in [0.5, 0.6) is 0 Å². The summed E-state index contributed by atoms with van der Waals surface area (Å²) in [7, 11) is 0. The predicted octanol–water partition coefficient (Wildman–Crippen LogP) is 5.01. The van der Waals surface area contributed by atoms with Gasteiger partial charge < -0.3 is 9.73 Å². The van der Waals surface area contributed by atoms with E-state index in [0.717, 1.165) is 17.7 Å². The standard InChI is InChI=1S/C22H20ClN5O2S/c1-2-12-24-21(29)18-13-30-19(25-18)14-31-22-27-26-20(16-10-6-7-11-17(16)23)28(22)15-8-4-3-5-9-15/h3-11,13H,2,12,14H2,1H3,(H,24,29). The molecule has 0 saturated carbocycles. The van der Waals surface area contributed by atoms with Crippen LogP contribution < -0.4 is 5.32 Å². The lowest BCUT2D eigenvalue weighted by molar-refractivity contribution is 0.0948. The van der Waals surface area contributed by atoms with Gasteiger partial charge in [0.25, 0.3) is 5.91 Å². The van der Waals surface area contributed by atoms with E-state index >= 15 is 0 Å². The first kappa shape index (κ1) is 21.1. The maximum absolute atomic E-state index is 12.0. The van der Waals surface area contributed by atoms with Crippen LogP contribution >= 0.6 is 23.4 Å². The number of hydrogen-bond donors (Lipinski definition) is 1. The van der Waals surface area contributed by atoms with E-state index < -0.39 is 0 Å². The SMILES string of the molecule is CCCNC(=O)c1coc(CSc2nnc(-c3ccccc3Cl)n2-c2ccccc2)n1. The van der Waals surface area contributed by atoms with Crippen molar-refractivity contribution >= 4 is 29.3 Å². The second kappa shape index (κ2) is 9.80. The van der Waals surface area contributed by atoms with Crippen molar-refractivity contribution in [3.05, 3.63) is 77.5 Å². The van der Waals surface area contributed by atoms with E-state index in [1.54, 1.807) is 0 Å². The highest BCUT2D eigenvalue weighted by Crippen LogP contribution is 2.32. The Labute approximate surface area is 188 Å². The molecule has 0 aliphatic rings. The van der Waals surface area contributed by atoms with E-state index in [9.17, 15) is 4.79 Å². The lowest BCUT2D eigenvalue weighted by Crippen LogP contribution is -2.24. The Kier molecular flexibility index (Phi) is 6.69. The Morgan fingerprint density at radius 2 is 1.90 bits per heavy atom. The summed E-state index contributed by atoms with van der Waals surface area (Å²) in [4.78, 5) is 16.3. The molecule has 0 unspecified atom stereocenters. The van der Waals surface area contributed by atoms with Crippen molar-refractivity contribution in [2.75, 3.05) is 6.54 Å². The van der Waals surface area contributed by atoms with Gasteiger partial charge in [0.2, 0.25) is 5.89 Å². The molecule has 0 fully saturated rings. The van der Waals surface area contributed by atoms with Gasteiger partial charge in [-0.05, 0) is 30.7 Å². The average Bonchev–Trinajstić information content (AvgIpc) is 3.44. The van der Waals surface area contributed by atoms with Crippen molar-refractivity contribution in [1.82, 2.24) is 25.1 Å². The molecule has 0 bridgehead atoms. The molecular weight excluding hydrogens is 434 g/mol. The maximum Gasteiger partial charge on any atom is 0.273 e. The molecule has 9 heteroatoms. The minimum atomic E-state index is -0.240. The number of nitrogens with zero attached hydrogens (tertiary/aromatic N) is 4. The van der Waals surface area contributed by atoms with Crippen LogP contribution in [-0.2, 0) is 5.75 Å². The number of carbonyl (C=O) groups excluding carboxylic acids is 1. The fourth-order valence-electron chi connectivity index (χ4n) is 2.93. The van der Waals surface area contributed by atoms with Crippen LogP contribution in [0.3, 0.4) is 0 Å². The lowest BCUT2D eigenvalue weighted by atomic mass is 10.2. The van der Waals surface area contributed by atoms with Crippen molar-refractivity contribution in [1.29, 1.82) is 0 Å². The number of para-hydroxylation sites is 1. The maximum atomic E-state index is 12.0. The highest BCUT2D eigenvalue weighted by Gasteiger charge is 2.19. The van der Waals surface area contributed by atoms with Gasteiger partial charge in [0, 0.05) is 17.8 Å². The zero-order valence-electron chi connectivity index (χ0n) is 16.8. The fourth-order valence-corrected chi connectivity index (χ4v) is 3.95. The first-order valence-electron chi connectivity index (χ1n) is 9.78. The van der Waals surface area contributed by atoms with Gasteiger partial charge in [-0.3, -0.25) is 9.36 Å². The van der Waals surface area contributed by atoms with E-state index in [4.69, 9.17) is 16.0 Å². The van der Waals surface area contributed by atoms with Gasteiger partial charge in [0.15, 0.2) is 16.7 Å². The predicted molar refractivity (Wildman–Crippen MR) is 120 cm³/mol. The number of thioether (sulfide) groups is 1. The van der Waals surface area contributed by atoms with Crippen molar-refractivity contribution in [2.24, 2.45) is 0 Å². The summed E-state index contributed by atoms with van der Waals surface area (Å²) in [6, 6.07) is 17.3. The number of rotatable bonds is 8. The van der Waals surface area contributed by atoms with E-state index in [2.05, 4.69) is 20.5 Å². The third-order valence-corrected chi connectivity index (χ3v) is 5.65. The molecule has 0 spiro atoms. The first-order valence-corrected chi connectivity index (χ1v) is 11.1. The van der Waals surface area contributed by atoms with Crippen LogP contribution in [0.25, 0.3) is 17.1 Å². The lowest BCUT2D eigenvalue weighted by Gasteiger charge is -2.10. The molecule has 7 nitrogen and oxygen atoms in total. The number of halogens is 1. The summed E-state index contributed by atoms with van der Waals surface area (Å²) < 4.78 is 7.42. The molecule has 0 atom stereocenters. The third kappa shape index (κ3) is 4.81. The van der Waals surface area contributed by atoms with Crippen LogP contribution in [0.15, 0.2) is 70.4 Å². The molecule has 4 aromatic rings. The summed E-state index contributed by atoms with van der Waals surface area (Å²) >= 11 is 7.84. The smallest absolute Gasteiger partial charge is 0.273 e. The highest BCUT2D eigenvalue weighted by molar-refractivity contribution is 7.98. The Bertz CT molecular complexity index is 1180. The minimum absolute atomic E-state index is 0.240. The van der Waals surface area contributed by atoms with Crippen molar-refractivity contribution in [2.45, 2.75) is 24.3 Å². The monoisotopic (exact) mass is 453 g/mol. The molecule has 158 valence electrons. The van der Waals surface area contributed by atoms with E-state index in [-0.39, 0.29) is 11.6 Å². The van der Waals surface area contributed by atoms with E-state index in [1.807, 2.05) is 66.1 Å². The van der Waals surface area contributed by atoms with Gasteiger partial charge in [-0.25, -0.2) is 4.98 Å². The molecule has 2 heterocycles. The molecule has 0 aliphatic heterocycles. The summed E-state index contributed by atoms with van der Waals surface area (Å²) in [6.07, 6.45) is 2.23. The topological polar surface area (TPSA) is 85.8 Å². The van der Waals surface area contributed by atoms with Crippen molar-refractivity contribution < 1.29 is 9.21 Å². The molecule has 4 rings (SSSR count). The first-order chi connectivity index (χ1) is 15.2. The molecule has 1 N–H and O–H groups in total. The third-order valence-electron chi connectivity index (χ3n) is 4.41. The largest absolute Gasteiger partial charge is 0.447 e. The Hall–Kier alpha value is -3.10. The molecule has 2 aromatic carbocycles. The molecular formula is C22H20ClN5O2S. The molecule has 31 heavy (non-hydrogen) atoms. The average molecular weight is 454 g/mol. The van der Waals surface area contributed by atoms with Gasteiger partial charge in [0.1, 0.15) is 6.26 Å². The Morgan fingerprint density at radius 1 is 1.13 bits per heavy atom. The quantitative estimate of drug-likeness (QED) is 0.377. The second-order valence-electron chi connectivity index (χ2n) is 6.63. The van der Waals surface area contributed by atoms with Crippen LogP contribution in [-0.4, -0.2) is 32.2 Å². The van der Waals surface area contributed by atoms with E-state index in [1.165, 1.54) is 18.0 Å². The number of nitrogens with one attached hydrogen (secondary N) is 1. The van der Waals surface area contributed by atoms with Crippen molar-refractivity contribution in [3.63, 3.8) is 0 Å². The van der Waals surface area contributed by atoms with Crippen LogP contribution in [0.4, 0.5) is 0 Å². The molecule has 2 aromatic heterocycles. The molecule has 0 radical (unpaired) electrons. The van der Waals surface area contributed by atoms with Crippen LogP contribution in [0.2, 0.25) is 5.02 Å². The molecule has 0 aliphatic carbocycles. The van der Waals surface area contributed by atoms with E-state index in [0.29, 0.717) is 34.2 Å². The van der Waals surface area contributed by atoms with Gasteiger partial charge in [-0.15, -0.1) is 10.2 Å². The summed E-state index contributed by atoms with van der Waals surface area (Å²) in [5.41, 5.74) is 1.97. The number of aromatic nitrogens is 4. The zero-order valence-corrected chi connectivity index (χ0v) is 18.4. The number of hydrogen-bond acceptors (Lipinski definition) is 6. The normalized spacial score (nSPS) is 10.9. The number of carbonyl (C=O) groups is 1. The minimum Gasteiger partial charge on any atom is -0.447 e. The summed E-state index contributed by atoms with van der Waals surface area (Å²) in [6.45, 7) is 2.59. The zero-order chi connectivity index (χ0) is 21.6. The summed E-state index contributed by atoms with van der Waals surface area (Å²) in [5, 5.41) is 12.8.